The number of hydrogen-bond acceptors (Lipinski definition) is 3. The highest BCUT2D eigenvalue weighted by Gasteiger charge is 2.40. The Labute approximate surface area is 84.9 Å². The van der Waals surface area contributed by atoms with Gasteiger partial charge >= 0.3 is 0 Å². The summed E-state index contributed by atoms with van der Waals surface area (Å²) in [6, 6.07) is 0.555. The van der Waals surface area contributed by atoms with Crippen molar-refractivity contribution in [1.29, 1.82) is 0 Å². The monoisotopic (exact) mass is 194 g/mol. The van der Waals surface area contributed by atoms with Crippen LogP contribution >= 0.6 is 0 Å². The molecule has 1 saturated heterocycles. The van der Waals surface area contributed by atoms with Crippen molar-refractivity contribution in [3.8, 4) is 0 Å². The summed E-state index contributed by atoms with van der Waals surface area (Å²) < 4.78 is 5.78. The molecule has 1 aliphatic carbocycles. The van der Waals surface area contributed by atoms with E-state index in [-0.39, 0.29) is 0 Å². The normalized spacial score (nSPS) is 37.3. The third-order valence-electron chi connectivity index (χ3n) is 3.45. The first-order valence-electron chi connectivity index (χ1n) is 5.85. The van der Waals surface area contributed by atoms with Gasteiger partial charge in [0.1, 0.15) is 0 Å². The van der Waals surface area contributed by atoms with Crippen molar-refractivity contribution < 1.29 is 4.74 Å². The molecule has 3 aliphatic rings. The molecule has 78 valence electrons. The molecule has 0 bridgehead atoms. The lowest BCUT2D eigenvalue weighted by atomic mass is 10.1. The van der Waals surface area contributed by atoms with Crippen LogP contribution in [0.15, 0.2) is 4.99 Å². The van der Waals surface area contributed by atoms with Crippen LogP contribution in [-0.4, -0.2) is 31.1 Å². The molecular weight excluding hydrogens is 176 g/mol. The number of hydrogen-bond donors (Lipinski definition) is 1. The Morgan fingerprint density at radius 2 is 2.21 bits per heavy atom. The first-order chi connectivity index (χ1) is 6.93. The Morgan fingerprint density at radius 3 is 2.93 bits per heavy atom. The van der Waals surface area contributed by atoms with Crippen molar-refractivity contribution in [2.24, 2.45) is 10.9 Å². The third-order valence-corrected chi connectivity index (χ3v) is 3.45. The summed E-state index contributed by atoms with van der Waals surface area (Å²) in [5.74, 6) is 2.07. The van der Waals surface area contributed by atoms with Gasteiger partial charge in [0.15, 0.2) is 0 Å². The zero-order valence-corrected chi connectivity index (χ0v) is 8.54. The summed E-state index contributed by atoms with van der Waals surface area (Å²) in [7, 11) is 0. The van der Waals surface area contributed by atoms with E-state index in [1.54, 1.807) is 0 Å². The molecule has 1 saturated carbocycles. The predicted octanol–water partition coefficient (Wildman–Crippen LogP) is 1.34. The highest BCUT2D eigenvalue weighted by atomic mass is 16.5. The van der Waals surface area contributed by atoms with Crippen molar-refractivity contribution >= 4 is 5.84 Å². The molecule has 14 heavy (non-hydrogen) atoms. The van der Waals surface area contributed by atoms with Gasteiger partial charge in [-0.05, 0) is 31.6 Å². The molecule has 2 atom stereocenters. The maximum absolute atomic E-state index is 5.78. The van der Waals surface area contributed by atoms with Gasteiger partial charge in [-0.15, -0.1) is 0 Å². The van der Waals surface area contributed by atoms with Crippen molar-refractivity contribution in [3.63, 3.8) is 0 Å². The van der Waals surface area contributed by atoms with Crippen LogP contribution in [-0.2, 0) is 4.74 Å². The van der Waals surface area contributed by atoms with E-state index < -0.39 is 0 Å². The van der Waals surface area contributed by atoms with Crippen LogP contribution < -0.4 is 5.32 Å². The molecule has 3 rings (SSSR count). The zero-order valence-electron chi connectivity index (χ0n) is 8.54. The lowest BCUT2D eigenvalue weighted by Crippen LogP contribution is -2.40. The Bertz CT molecular complexity index is 248. The van der Waals surface area contributed by atoms with Crippen LogP contribution in [0.25, 0.3) is 0 Å². The molecule has 3 nitrogen and oxygen atoms in total. The average Bonchev–Trinajstić information content (AvgIpc) is 2.74. The molecule has 0 aromatic heterocycles. The number of rotatable bonds is 2. The summed E-state index contributed by atoms with van der Waals surface area (Å²) in [5, 5.41) is 3.57. The van der Waals surface area contributed by atoms with Crippen molar-refractivity contribution in [2.75, 3.05) is 13.2 Å². The van der Waals surface area contributed by atoms with E-state index in [1.807, 2.05) is 0 Å². The number of ether oxygens (including phenoxy) is 1. The largest absolute Gasteiger partial charge is 0.376 e. The molecule has 2 aliphatic heterocycles. The molecule has 0 radical (unpaired) electrons. The fourth-order valence-corrected chi connectivity index (χ4v) is 2.53. The molecular formula is C11H18N2O. The first kappa shape index (κ1) is 8.72. The van der Waals surface area contributed by atoms with E-state index in [4.69, 9.17) is 4.74 Å². The smallest absolute Gasteiger partial charge is 0.0966 e. The van der Waals surface area contributed by atoms with E-state index in [0.29, 0.717) is 12.1 Å². The van der Waals surface area contributed by atoms with Gasteiger partial charge in [-0.25, -0.2) is 0 Å². The van der Waals surface area contributed by atoms with Crippen LogP contribution in [0.3, 0.4) is 0 Å². The Morgan fingerprint density at radius 1 is 1.29 bits per heavy atom. The summed E-state index contributed by atoms with van der Waals surface area (Å²) >= 11 is 0. The molecule has 2 heterocycles. The molecule has 0 aromatic rings. The van der Waals surface area contributed by atoms with E-state index in [0.717, 1.165) is 25.5 Å². The molecule has 0 aromatic carbocycles. The second kappa shape index (κ2) is 3.54. The Kier molecular flexibility index (Phi) is 2.20. The van der Waals surface area contributed by atoms with Crippen LogP contribution in [0, 0.1) is 5.92 Å². The second-order valence-corrected chi connectivity index (χ2v) is 4.64. The van der Waals surface area contributed by atoms with Crippen LogP contribution in [0.2, 0.25) is 0 Å². The van der Waals surface area contributed by atoms with Gasteiger partial charge in [0.05, 0.1) is 18.0 Å². The van der Waals surface area contributed by atoms with Gasteiger partial charge in [-0.1, -0.05) is 0 Å². The van der Waals surface area contributed by atoms with Crippen molar-refractivity contribution in [3.05, 3.63) is 0 Å². The minimum absolute atomic E-state index is 0.485. The summed E-state index contributed by atoms with van der Waals surface area (Å²) in [5.41, 5.74) is 0. The summed E-state index contributed by atoms with van der Waals surface area (Å²) in [6.07, 6.45) is 6.77. The molecule has 0 spiro atoms. The lowest BCUT2D eigenvalue weighted by molar-refractivity contribution is 0.0842. The topological polar surface area (TPSA) is 33.6 Å². The van der Waals surface area contributed by atoms with E-state index in [1.165, 1.54) is 31.5 Å². The van der Waals surface area contributed by atoms with Gasteiger partial charge in [0.2, 0.25) is 0 Å². The highest BCUT2D eigenvalue weighted by Crippen LogP contribution is 2.38. The van der Waals surface area contributed by atoms with E-state index in [9.17, 15) is 0 Å². The van der Waals surface area contributed by atoms with Crippen LogP contribution in [0.5, 0.6) is 0 Å². The minimum atomic E-state index is 0.485. The Balaban J connectivity index is 1.59. The SMILES string of the molecule is C1CN=C(NC2CCOC2C2CC2)C1. The molecule has 0 amide bonds. The standard InChI is InChI=1S/C11H18N2O/c1-2-10(12-6-1)13-9-5-7-14-11(9)8-3-4-8/h8-9,11H,1-7H2,(H,12,13). The summed E-state index contributed by atoms with van der Waals surface area (Å²) in [4.78, 5) is 4.46. The third kappa shape index (κ3) is 1.65. The second-order valence-electron chi connectivity index (χ2n) is 4.64. The quantitative estimate of drug-likeness (QED) is 0.719. The van der Waals surface area contributed by atoms with Crippen LogP contribution in [0.1, 0.15) is 32.1 Å². The maximum Gasteiger partial charge on any atom is 0.0966 e. The molecule has 2 unspecified atom stereocenters. The zero-order chi connectivity index (χ0) is 9.38. The summed E-state index contributed by atoms with van der Waals surface area (Å²) in [6.45, 7) is 1.95. The van der Waals surface area contributed by atoms with Gasteiger partial charge in [-0.2, -0.15) is 0 Å². The number of nitrogens with one attached hydrogen (secondary N) is 1. The number of amidine groups is 1. The van der Waals surface area contributed by atoms with Gasteiger partial charge in [-0.3, -0.25) is 4.99 Å². The molecule has 3 heteroatoms. The fourth-order valence-electron chi connectivity index (χ4n) is 2.53. The molecule has 2 fully saturated rings. The first-order valence-corrected chi connectivity index (χ1v) is 5.85. The van der Waals surface area contributed by atoms with Crippen molar-refractivity contribution in [1.82, 2.24) is 5.32 Å². The maximum atomic E-state index is 5.78. The van der Waals surface area contributed by atoms with E-state index >= 15 is 0 Å². The van der Waals surface area contributed by atoms with E-state index in [2.05, 4.69) is 10.3 Å². The Hall–Kier alpha value is -0.570. The van der Waals surface area contributed by atoms with Crippen LogP contribution in [0.4, 0.5) is 0 Å². The lowest BCUT2D eigenvalue weighted by Gasteiger charge is -2.20. The minimum Gasteiger partial charge on any atom is -0.376 e. The number of nitrogens with zero attached hydrogens (tertiary/aromatic N) is 1. The van der Waals surface area contributed by atoms with Crippen molar-refractivity contribution in [2.45, 2.75) is 44.2 Å². The van der Waals surface area contributed by atoms with Gasteiger partial charge < -0.3 is 10.1 Å². The fraction of sp³-hybridized carbons (Fsp3) is 0.909. The predicted molar refractivity (Wildman–Crippen MR) is 55.5 cm³/mol. The highest BCUT2D eigenvalue weighted by molar-refractivity contribution is 5.83. The van der Waals surface area contributed by atoms with Gasteiger partial charge in [0.25, 0.3) is 0 Å². The average molecular weight is 194 g/mol. The van der Waals surface area contributed by atoms with Gasteiger partial charge in [0, 0.05) is 19.6 Å². The number of aliphatic imine (C=N–C) groups is 1. The molecule has 1 N–H and O–H groups in total.